The Balaban J connectivity index is 0.821. The van der Waals surface area contributed by atoms with Crippen molar-refractivity contribution in [3.63, 3.8) is 0 Å². The summed E-state index contributed by atoms with van der Waals surface area (Å²) < 4.78 is 45.6. The number of fused-ring (bicyclic) bond motifs is 3. The van der Waals surface area contributed by atoms with Crippen LogP contribution in [-0.4, -0.2) is 238 Å². The van der Waals surface area contributed by atoms with Crippen LogP contribution in [0.2, 0.25) is 0 Å². The van der Waals surface area contributed by atoms with E-state index in [2.05, 4.69) is 36.6 Å². The number of amides is 6. The maximum absolute atomic E-state index is 13.8. The van der Waals surface area contributed by atoms with Crippen molar-refractivity contribution in [2.45, 2.75) is 95.4 Å². The van der Waals surface area contributed by atoms with E-state index in [0.29, 0.717) is 116 Å². The molecule has 7 rings (SSSR count). The summed E-state index contributed by atoms with van der Waals surface area (Å²) >= 11 is 1.87. The third-order valence-corrected chi connectivity index (χ3v) is 18.1. The van der Waals surface area contributed by atoms with E-state index in [1.165, 1.54) is 17.0 Å². The summed E-state index contributed by atoms with van der Waals surface area (Å²) in [4.78, 5) is 102. The van der Waals surface area contributed by atoms with E-state index in [0.717, 1.165) is 30.7 Å². The molecule has 99 heavy (non-hydrogen) atoms. The highest BCUT2D eigenvalue weighted by molar-refractivity contribution is 8.00. The van der Waals surface area contributed by atoms with Crippen molar-refractivity contribution in [1.82, 2.24) is 31.5 Å². The molecule has 0 aromatic heterocycles. The van der Waals surface area contributed by atoms with Crippen LogP contribution in [0.15, 0.2) is 80.5 Å². The Bertz CT molecular complexity index is 3500. The van der Waals surface area contributed by atoms with Gasteiger partial charge in [0.1, 0.15) is 17.1 Å². The zero-order chi connectivity index (χ0) is 70.9. The number of benzene rings is 3. The van der Waals surface area contributed by atoms with Crippen molar-refractivity contribution >= 4 is 75.5 Å². The number of azide groups is 1. The molecule has 2 fully saturated rings. The standard InChI is InChI=1S/C69H96N12O17S/c1-69(2)43-55(82)64(56(83)44-69)53(18-26-91-30-34-95-38-39-97-35-31-92-27-22-74-60(84)9-6-5-8-59-65-54(45-99-59)77-68(90)78-65)72-19-7-20-73-61(85)17-24-81(25-29-94-33-37-96-36-32-93-28-23-76-79-71)62(86)16-21-75-66(87)46-10-13-49(52(40-46)67(88)89)63-50-14-11-47(70)41-57(50)98-58-42-48(80(3)4)12-15-51(58)63/h10-15,40-42,54,59,65,70,82H,5-9,16-39,43-45H2,1-4H3,(H,73,85)(H,74,84)(H,75,87)(H,88,89)(H2,77,78,90). The molecule has 6 amide bonds. The molecule has 2 aromatic carbocycles. The second kappa shape index (κ2) is 41.4. The fourth-order valence-electron chi connectivity index (χ4n) is 11.6. The number of unbranched alkanes of at least 4 members (excludes halogenated alkanes) is 1. The van der Waals surface area contributed by atoms with E-state index in [9.17, 15) is 43.8 Å². The highest BCUT2D eigenvalue weighted by atomic mass is 32.2. The smallest absolute Gasteiger partial charge is 0.336 e. The van der Waals surface area contributed by atoms with Gasteiger partial charge in [0.15, 0.2) is 5.78 Å². The van der Waals surface area contributed by atoms with Crippen molar-refractivity contribution in [3.8, 4) is 22.5 Å². The fourth-order valence-corrected chi connectivity index (χ4v) is 13.1. The SMILES string of the molecule is CN(C)c1ccc2c(-c3ccc(C(=O)NCCC(=O)N(CCOCCOCCOCCN=[N+]=[N-])CCC(=O)NCCCN=C(CCOCCOCCOCCOCCNC(=O)CCCCC4SCC5NC(=O)NC54)C4=C(O)CC(C)(C)CC4=O)cc3C(=O)O)c3ccc(=N)cc-3oc2c1. The van der Waals surface area contributed by atoms with Crippen LogP contribution in [0.4, 0.5) is 10.5 Å². The first-order chi connectivity index (χ1) is 47.8. The molecule has 0 bridgehead atoms. The number of allylic oxidation sites excluding steroid dienone is 2. The Morgan fingerprint density at radius 2 is 1.38 bits per heavy atom. The zero-order valence-corrected chi connectivity index (χ0v) is 58.0. The summed E-state index contributed by atoms with van der Waals surface area (Å²) in [5.41, 5.74) is 11.3. The third-order valence-electron chi connectivity index (χ3n) is 16.6. The van der Waals surface area contributed by atoms with Gasteiger partial charge >= 0.3 is 12.0 Å². The van der Waals surface area contributed by atoms with Crippen LogP contribution in [0.5, 0.6) is 0 Å². The van der Waals surface area contributed by atoms with Gasteiger partial charge in [0, 0.05) is 154 Å². The van der Waals surface area contributed by atoms with E-state index >= 15 is 0 Å². The Morgan fingerprint density at radius 1 is 0.717 bits per heavy atom. The molecule has 29 nitrogen and oxygen atoms in total. The highest BCUT2D eigenvalue weighted by Gasteiger charge is 2.42. The minimum Gasteiger partial charge on any atom is -0.511 e. The minimum absolute atomic E-state index is 0.00832. The lowest BCUT2D eigenvalue weighted by molar-refractivity contribution is -0.132. The van der Waals surface area contributed by atoms with Crippen molar-refractivity contribution in [2.75, 3.05) is 163 Å². The Morgan fingerprint density at radius 3 is 2.08 bits per heavy atom. The van der Waals surface area contributed by atoms with Gasteiger partial charge in [0.25, 0.3) is 5.91 Å². The third kappa shape index (κ3) is 25.8. The van der Waals surface area contributed by atoms with E-state index in [4.69, 9.17) is 53.5 Å². The first-order valence-corrected chi connectivity index (χ1v) is 34.8. The topological polar surface area (TPSA) is 389 Å². The number of thioether (sulfide) groups is 1. The van der Waals surface area contributed by atoms with Crippen molar-refractivity contribution in [2.24, 2.45) is 15.5 Å². The molecule has 30 heteroatoms. The number of carboxylic acids is 1. The van der Waals surface area contributed by atoms with E-state index in [-0.39, 0.29) is 181 Å². The first-order valence-electron chi connectivity index (χ1n) is 33.7. The number of urea groups is 1. The van der Waals surface area contributed by atoms with E-state index in [1.54, 1.807) is 24.3 Å². The number of rotatable bonds is 47. The number of ether oxygens (including phenoxy) is 7. The zero-order valence-electron chi connectivity index (χ0n) is 57.2. The summed E-state index contributed by atoms with van der Waals surface area (Å²) in [5.74, 6) is -1.53. The summed E-state index contributed by atoms with van der Waals surface area (Å²) in [7, 11) is 3.77. The van der Waals surface area contributed by atoms with Gasteiger partial charge in [-0.15, -0.1) is 0 Å². The lowest BCUT2D eigenvalue weighted by atomic mass is 9.75. The Hall–Kier alpha value is -8.19. The van der Waals surface area contributed by atoms with Gasteiger partial charge in [-0.25, -0.2) is 9.59 Å². The van der Waals surface area contributed by atoms with Crippen molar-refractivity contribution in [1.29, 1.82) is 5.41 Å². The number of hydrogen-bond acceptors (Lipinski definition) is 21. The largest absolute Gasteiger partial charge is 0.511 e. The molecule has 0 saturated carbocycles. The monoisotopic (exact) mass is 1400 g/mol. The number of nitrogens with one attached hydrogen (secondary N) is 6. The van der Waals surface area contributed by atoms with Crippen LogP contribution in [0, 0.1) is 10.8 Å². The molecule has 3 aliphatic heterocycles. The summed E-state index contributed by atoms with van der Waals surface area (Å²) in [6.45, 7) is 8.88. The number of hydrogen-bond donors (Lipinski definition) is 8. The van der Waals surface area contributed by atoms with Gasteiger partial charge in [0.2, 0.25) is 17.7 Å². The number of nitrogens with zero attached hydrogens (tertiary/aromatic N) is 6. The minimum atomic E-state index is -1.27. The van der Waals surface area contributed by atoms with Crippen LogP contribution in [0.3, 0.4) is 0 Å². The predicted molar refractivity (Wildman–Crippen MR) is 372 cm³/mol. The first kappa shape index (κ1) is 78.2. The Kier molecular flexibility index (Phi) is 32.7. The number of Topliss-reactive ketones (excluding diaryl/α,β-unsaturated/α-hetero) is 1. The molecule has 2 aromatic rings. The molecule has 8 N–H and O–H groups in total. The lowest BCUT2D eigenvalue weighted by Gasteiger charge is -2.30. The molecule has 3 unspecified atom stereocenters. The van der Waals surface area contributed by atoms with Crippen LogP contribution in [0.25, 0.3) is 43.9 Å². The number of ketones is 1. The number of aliphatic hydroxyl groups is 1. The highest BCUT2D eigenvalue weighted by Crippen LogP contribution is 2.43. The van der Waals surface area contributed by atoms with Crippen LogP contribution in [-0.2, 0) is 52.3 Å². The average molecular weight is 1400 g/mol. The molecular formula is C69H96N12O17S. The molecule has 3 atom stereocenters. The van der Waals surface area contributed by atoms with E-state index < -0.39 is 17.3 Å². The quantitative estimate of drug-likeness (QED) is 0.00439. The number of anilines is 1. The number of aromatic carboxylic acids is 1. The van der Waals surface area contributed by atoms with Gasteiger partial charge in [-0.3, -0.25) is 29.0 Å². The summed E-state index contributed by atoms with van der Waals surface area (Å²) in [5, 5.41) is 49.0. The number of carbonyl (C=O) groups excluding carboxylic acids is 6. The molecule has 0 spiro atoms. The number of aliphatic imine (C=N–C) groups is 1. The van der Waals surface area contributed by atoms with Crippen molar-refractivity contribution < 1.29 is 81.4 Å². The predicted octanol–water partition coefficient (Wildman–Crippen LogP) is 6.59. The van der Waals surface area contributed by atoms with Crippen LogP contribution in [0.1, 0.15) is 98.8 Å². The summed E-state index contributed by atoms with van der Waals surface area (Å²) in [6.07, 6.45) is 4.11. The van der Waals surface area contributed by atoms with Gasteiger partial charge in [-0.2, -0.15) is 11.8 Å². The second-order valence-electron chi connectivity index (χ2n) is 25.0. The molecular weight excluding hydrogens is 1300 g/mol. The lowest BCUT2D eigenvalue weighted by Crippen LogP contribution is -2.39. The second-order valence-corrected chi connectivity index (χ2v) is 26.2. The average Bonchev–Trinajstić information content (AvgIpc) is 1.33. The molecule has 3 heterocycles. The van der Waals surface area contributed by atoms with Gasteiger partial charge < -0.3 is 89.6 Å². The maximum Gasteiger partial charge on any atom is 0.336 e. The molecule has 5 aliphatic rings. The van der Waals surface area contributed by atoms with Crippen LogP contribution < -0.4 is 36.8 Å². The molecule has 0 radical (unpaired) electrons. The number of carboxylic acid groups (broad SMARTS) is 1. The van der Waals surface area contributed by atoms with Gasteiger partial charge in [-0.05, 0) is 72.2 Å². The molecule has 2 saturated heterocycles. The number of carbonyl (C=O) groups is 7. The fraction of sp³-hybridized carbons (Fsp3) is 0.580. The van der Waals surface area contributed by atoms with Crippen LogP contribution >= 0.6 is 11.8 Å². The van der Waals surface area contributed by atoms with Gasteiger partial charge in [-0.1, -0.05) is 31.4 Å². The maximum atomic E-state index is 13.8. The van der Waals surface area contributed by atoms with Crippen molar-refractivity contribution in [3.05, 3.63) is 92.9 Å². The summed E-state index contributed by atoms with van der Waals surface area (Å²) in [6, 6.07) is 15.1. The van der Waals surface area contributed by atoms with E-state index in [1.807, 2.05) is 62.8 Å². The number of aliphatic hydroxyl groups excluding tert-OH is 1. The Labute approximate surface area is 580 Å². The molecule has 540 valence electrons. The normalized spacial score (nSPS) is 16.5. The van der Waals surface area contributed by atoms with Gasteiger partial charge in [0.05, 0.1) is 127 Å². The molecule has 2 aliphatic carbocycles.